The first-order chi connectivity index (χ1) is 8.13. The molecule has 0 aliphatic heterocycles. The third-order valence-corrected chi connectivity index (χ3v) is 4.87. The van der Waals surface area contributed by atoms with E-state index in [0.717, 1.165) is 9.50 Å². The minimum atomic E-state index is 0.201. The van der Waals surface area contributed by atoms with Crippen LogP contribution in [0.25, 0.3) is 0 Å². The zero-order valence-corrected chi connectivity index (χ0v) is 12.8. The van der Waals surface area contributed by atoms with E-state index >= 15 is 0 Å². The lowest BCUT2D eigenvalue weighted by Gasteiger charge is -2.17. The highest BCUT2D eigenvalue weighted by Crippen LogP contribution is 2.31. The maximum absolute atomic E-state index is 6.14. The smallest absolute Gasteiger partial charge is 0.0585 e. The van der Waals surface area contributed by atoms with E-state index in [2.05, 4.69) is 45.7 Å². The molecule has 4 heteroatoms. The Kier molecular flexibility index (Phi) is 4.26. The first kappa shape index (κ1) is 13.1. The van der Waals surface area contributed by atoms with Crippen molar-refractivity contribution < 1.29 is 0 Å². The second kappa shape index (κ2) is 5.53. The van der Waals surface area contributed by atoms with Gasteiger partial charge in [0.05, 0.1) is 11.1 Å². The van der Waals surface area contributed by atoms with E-state index in [-0.39, 0.29) is 6.04 Å². The molecular formula is C13H13BrClNS. The first-order valence-corrected chi connectivity index (χ1v) is 7.34. The highest BCUT2D eigenvalue weighted by atomic mass is 79.9. The van der Waals surface area contributed by atoms with Crippen LogP contribution in [-0.2, 0) is 0 Å². The Bertz CT molecular complexity index is 524. The van der Waals surface area contributed by atoms with Gasteiger partial charge in [-0.1, -0.05) is 17.7 Å². The number of rotatable bonds is 3. The summed E-state index contributed by atoms with van der Waals surface area (Å²) in [6, 6.07) is 8.45. The summed E-state index contributed by atoms with van der Waals surface area (Å²) in [7, 11) is 1.97. The molecule has 0 spiro atoms. The summed E-state index contributed by atoms with van der Waals surface area (Å²) in [6.45, 7) is 2.14. The van der Waals surface area contributed by atoms with E-state index in [1.807, 2.05) is 19.2 Å². The molecular weight excluding hydrogens is 318 g/mol. The third-order valence-electron chi connectivity index (χ3n) is 2.78. The molecule has 1 aromatic heterocycles. The van der Waals surface area contributed by atoms with Crippen LogP contribution >= 0.6 is 38.9 Å². The van der Waals surface area contributed by atoms with Crippen molar-refractivity contribution in [3.8, 4) is 0 Å². The van der Waals surface area contributed by atoms with Crippen LogP contribution in [0.3, 0.4) is 0 Å². The fourth-order valence-electron chi connectivity index (χ4n) is 1.89. The minimum Gasteiger partial charge on any atom is -0.309 e. The van der Waals surface area contributed by atoms with Crippen LogP contribution in [0.1, 0.15) is 22.0 Å². The number of hydrogen-bond acceptors (Lipinski definition) is 2. The quantitative estimate of drug-likeness (QED) is 0.854. The van der Waals surface area contributed by atoms with E-state index in [9.17, 15) is 0 Å². The summed E-state index contributed by atoms with van der Waals surface area (Å²) in [4.78, 5) is 1.34. The number of halogens is 2. The summed E-state index contributed by atoms with van der Waals surface area (Å²) < 4.78 is 0.930. The van der Waals surface area contributed by atoms with Crippen molar-refractivity contribution in [2.45, 2.75) is 13.0 Å². The molecule has 1 atom stereocenters. The molecule has 0 aliphatic carbocycles. The Morgan fingerprint density at radius 2 is 2.12 bits per heavy atom. The lowest BCUT2D eigenvalue weighted by molar-refractivity contribution is 0.691. The lowest BCUT2D eigenvalue weighted by atomic mass is 10.00. The second-order valence-corrected chi connectivity index (χ2v) is 6.21. The highest BCUT2D eigenvalue weighted by Gasteiger charge is 2.15. The largest absolute Gasteiger partial charge is 0.309 e. The molecule has 0 saturated carbocycles. The van der Waals surface area contributed by atoms with E-state index in [4.69, 9.17) is 11.6 Å². The second-order valence-electron chi connectivity index (χ2n) is 3.83. The number of nitrogens with one attached hydrogen (secondary N) is 1. The zero-order chi connectivity index (χ0) is 12.4. The van der Waals surface area contributed by atoms with Gasteiger partial charge in [-0.25, -0.2) is 0 Å². The molecule has 90 valence electrons. The van der Waals surface area contributed by atoms with Gasteiger partial charge in [0, 0.05) is 9.35 Å². The van der Waals surface area contributed by atoms with Gasteiger partial charge < -0.3 is 5.32 Å². The van der Waals surface area contributed by atoms with Crippen LogP contribution in [0, 0.1) is 6.92 Å². The van der Waals surface area contributed by atoms with Gasteiger partial charge in [-0.15, -0.1) is 11.3 Å². The molecule has 0 saturated heterocycles. The third kappa shape index (κ3) is 2.74. The monoisotopic (exact) mass is 329 g/mol. The molecule has 17 heavy (non-hydrogen) atoms. The standard InChI is InChI=1S/C13H13BrClNS/c1-8-10(5-6-17-8)13(16-2)9-3-4-11(14)12(15)7-9/h3-7,13,16H,1-2H3. The van der Waals surface area contributed by atoms with E-state index in [1.165, 1.54) is 16.0 Å². The zero-order valence-electron chi connectivity index (χ0n) is 9.63. The average Bonchev–Trinajstić information content (AvgIpc) is 2.71. The van der Waals surface area contributed by atoms with Gasteiger partial charge >= 0.3 is 0 Å². The number of thiophene rings is 1. The van der Waals surface area contributed by atoms with E-state index in [1.54, 1.807) is 11.3 Å². The molecule has 1 aromatic carbocycles. The van der Waals surface area contributed by atoms with Crippen molar-refractivity contribution in [2.24, 2.45) is 0 Å². The first-order valence-electron chi connectivity index (χ1n) is 5.29. The van der Waals surface area contributed by atoms with Gasteiger partial charge in [0.15, 0.2) is 0 Å². The van der Waals surface area contributed by atoms with Crippen LogP contribution in [-0.4, -0.2) is 7.05 Å². The Hall–Kier alpha value is -0.350. The topological polar surface area (TPSA) is 12.0 Å². The Morgan fingerprint density at radius 3 is 2.65 bits per heavy atom. The summed E-state index contributed by atoms with van der Waals surface area (Å²) in [6.07, 6.45) is 0. The molecule has 0 bridgehead atoms. The van der Waals surface area contributed by atoms with Crippen LogP contribution < -0.4 is 5.32 Å². The van der Waals surface area contributed by atoms with Gasteiger partial charge in [-0.05, 0) is 64.6 Å². The number of benzene rings is 1. The molecule has 0 aliphatic rings. The molecule has 1 N–H and O–H groups in total. The molecule has 0 fully saturated rings. The molecule has 1 heterocycles. The molecule has 2 aromatic rings. The minimum absolute atomic E-state index is 0.201. The summed E-state index contributed by atoms with van der Waals surface area (Å²) in [5, 5.41) is 6.21. The van der Waals surface area contributed by atoms with Gasteiger partial charge in [0.1, 0.15) is 0 Å². The maximum Gasteiger partial charge on any atom is 0.0585 e. The highest BCUT2D eigenvalue weighted by molar-refractivity contribution is 9.10. The Labute approximate surface area is 119 Å². The summed E-state index contributed by atoms with van der Waals surface area (Å²) >= 11 is 11.3. The molecule has 0 amide bonds. The number of aryl methyl sites for hydroxylation is 1. The molecule has 1 nitrogen and oxygen atoms in total. The normalized spacial score (nSPS) is 12.7. The van der Waals surface area contributed by atoms with Crippen molar-refractivity contribution in [1.82, 2.24) is 5.32 Å². The lowest BCUT2D eigenvalue weighted by Crippen LogP contribution is -2.17. The summed E-state index contributed by atoms with van der Waals surface area (Å²) in [5.74, 6) is 0. The fraction of sp³-hybridized carbons (Fsp3) is 0.231. The predicted octanol–water partition coefficient (Wildman–Crippen LogP) is 4.78. The van der Waals surface area contributed by atoms with Crippen LogP contribution in [0.5, 0.6) is 0 Å². The van der Waals surface area contributed by atoms with E-state index in [0.29, 0.717) is 0 Å². The van der Waals surface area contributed by atoms with E-state index < -0.39 is 0 Å². The van der Waals surface area contributed by atoms with Crippen molar-refractivity contribution in [3.05, 3.63) is 55.1 Å². The van der Waals surface area contributed by atoms with Gasteiger partial charge in [0.2, 0.25) is 0 Å². The van der Waals surface area contributed by atoms with Crippen LogP contribution in [0.15, 0.2) is 34.1 Å². The van der Waals surface area contributed by atoms with Crippen LogP contribution in [0.2, 0.25) is 5.02 Å². The van der Waals surface area contributed by atoms with Crippen molar-refractivity contribution in [2.75, 3.05) is 7.05 Å². The van der Waals surface area contributed by atoms with Crippen molar-refractivity contribution in [1.29, 1.82) is 0 Å². The summed E-state index contributed by atoms with van der Waals surface area (Å²) in [5.41, 5.74) is 2.50. The average molecular weight is 331 g/mol. The van der Waals surface area contributed by atoms with Gasteiger partial charge in [-0.2, -0.15) is 0 Å². The maximum atomic E-state index is 6.14. The van der Waals surface area contributed by atoms with Crippen molar-refractivity contribution >= 4 is 38.9 Å². The van der Waals surface area contributed by atoms with Crippen molar-refractivity contribution in [3.63, 3.8) is 0 Å². The van der Waals surface area contributed by atoms with Gasteiger partial charge in [-0.3, -0.25) is 0 Å². The number of hydrogen-bond donors (Lipinski definition) is 1. The Balaban J connectivity index is 2.42. The van der Waals surface area contributed by atoms with Crippen LogP contribution in [0.4, 0.5) is 0 Å². The molecule has 0 radical (unpaired) electrons. The fourth-order valence-corrected chi connectivity index (χ4v) is 3.06. The molecule has 2 rings (SSSR count). The molecule has 1 unspecified atom stereocenters. The Morgan fingerprint density at radius 1 is 1.35 bits per heavy atom. The van der Waals surface area contributed by atoms with Gasteiger partial charge in [0.25, 0.3) is 0 Å². The predicted molar refractivity (Wildman–Crippen MR) is 79.1 cm³/mol. The SMILES string of the molecule is CNC(c1ccc(Br)c(Cl)c1)c1ccsc1C.